The first-order valence-electron chi connectivity index (χ1n) is 6.86. The summed E-state index contributed by atoms with van der Waals surface area (Å²) in [5.74, 6) is -2.05. The molecule has 2 rings (SSSR count). The molecule has 0 bridgehead atoms. The number of hydrogen-bond acceptors (Lipinski definition) is 2. The predicted octanol–water partition coefficient (Wildman–Crippen LogP) is 2.70. The van der Waals surface area contributed by atoms with Gasteiger partial charge >= 0.3 is 11.8 Å². The highest BCUT2D eigenvalue weighted by Crippen LogP contribution is 2.15. The molecule has 22 heavy (non-hydrogen) atoms. The van der Waals surface area contributed by atoms with Gasteiger partial charge in [-0.1, -0.05) is 35.9 Å². The van der Waals surface area contributed by atoms with Gasteiger partial charge in [-0.2, -0.15) is 0 Å². The van der Waals surface area contributed by atoms with Gasteiger partial charge in [0.15, 0.2) is 0 Å². The third kappa shape index (κ3) is 4.15. The van der Waals surface area contributed by atoms with Crippen molar-refractivity contribution in [2.75, 3.05) is 5.32 Å². The monoisotopic (exact) mass is 300 g/mol. The van der Waals surface area contributed by atoms with Gasteiger partial charge < -0.3 is 10.6 Å². The third-order valence-corrected chi connectivity index (χ3v) is 3.23. The van der Waals surface area contributed by atoms with E-state index in [0.29, 0.717) is 5.56 Å². The smallest absolute Gasteiger partial charge is 0.313 e. The van der Waals surface area contributed by atoms with Gasteiger partial charge in [0.05, 0.1) is 0 Å². The van der Waals surface area contributed by atoms with E-state index in [1.54, 1.807) is 6.92 Å². The van der Waals surface area contributed by atoms with Crippen LogP contribution in [-0.2, 0) is 16.1 Å². The highest BCUT2D eigenvalue weighted by Gasteiger charge is 2.14. The zero-order chi connectivity index (χ0) is 16.1. The fraction of sp³-hybridized carbons (Fsp3) is 0.176. The van der Waals surface area contributed by atoms with Crippen LogP contribution in [0.15, 0.2) is 42.5 Å². The van der Waals surface area contributed by atoms with Gasteiger partial charge in [0.2, 0.25) is 0 Å². The number of rotatable bonds is 3. The van der Waals surface area contributed by atoms with Crippen LogP contribution in [0, 0.1) is 19.7 Å². The van der Waals surface area contributed by atoms with Gasteiger partial charge in [0, 0.05) is 12.2 Å². The third-order valence-electron chi connectivity index (χ3n) is 3.23. The Hall–Kier alpha value is -2.69. The van der Waals surface area contributed by atoms with Crippen molar-refractivity contribution in [2.24, 2.45) is 0 Å². The molecule has 2 amide bonds. The summed E-state index contributed by atoms with van der Waals surface area (Å²) in [5, 5.41) is 4.93. The zero-order valence-electron chi connectivity index (χ0n) is 12.4. The van der Waals surface area contributed by atoms with Crippen LogP contribution < -0.4 is 10.6 Å². The number of aryl methyl sites for hydroxylation is 2. The van der Waals surface area contributed by atoms with E-state index in [-0.39, 0.29) is 12.2 Å². The minimum absolute atomic E-state index is 0.259. The highest BCUT2D eigenvalue weighted by molar-refractivity contribution is 6.39. The van der Waals surface area contributed by atoms with Crippen LogP contribution in [0.1, 0.15) is 16.7 Å². The predicted molar refractivity (Wildman–Crippen MR) is 82.8 cm³/mol. The second-order valence-corrected chi connectivity index (χ2v) is 5.08. The van der Waals surface area contributed by atoms with Crippen molar-refractivity contribution in [1.82, 2.24) is 5.32 Å². The lowest BCUT2D eigenvalue weighted by atomic mass is 10.1. The average Bonchev–Trinajstić information content (AvgIpc) is 2.50. The SMILES string of the molecule is Cc1ccc(CNC(=O)C(=O)Nc2cc(F)ccc2C)cc1. The first kappa shape index (κ1) is 15.7. The summed E-state index contributed by atoms with van der Waals surface area (Å²) in [5.41, 5.74) is 2.99. The molecule has 4 nitrogen and oxygen atoms in total. The Labute approximate surface area is 128 Å². The Morgan fingerprint density at radius 1 is 1.00 bits per heavy atom. The molecular formula is C17H17FN2O2. The summed E-state index contributed by atoms with van der Waals surface area (Å²) in [6.07, 6.45) is 0. The van der Waals surface area contributed by atoms with Gasteiger partial charge in [0.25, 0.3) is 0 Å². The van der Waals surface area contributed by atoms with Gasteiger partial charge in [-0.15, -0.1) is 0 Å². The van der Waals surface area contributed by atoms with E-state index in [1.807, 2.05) is 31.2 Å². The molecule has 0 saturated carbocycles. The summed E-state index contributed by atoms with van der Waals surface area (Å²) in [7, 11) is 0. The van der Waals surface area contributed by atoms with E-state index in [4.69, 9.17) is 0 Å². The Morgan fingerprint density at radius 3 is 2.36 bits per heavy atom. The largest absolute Gasteiger partial charge is 0.344 e. The van der Waals surface area contributed by atoms with Crippen LogP contribution in [0.4, 0.5) is 10.1 Å². The molecule has 2 N–H and O–H groups in total. The van der Waals surface area contributed by atoms with Crippen molar-refractivity contribution in [2.45, 2.75) is 20.4 Å². The molecular weight excluding hydrogens is 283 g/mol. The van der Waals surface area contributed by atoms with E-state index in [0.717, 1.165) is 11.1 Å². The first-order chi connectivity index (χ1) is 10.5. The highest BCUT2D eigenvalue weighted by atomic mass is 19.1. The van der Waals surface area contributed by atoms with Gasteiger partial charge in [-0.25, -0.2) is 4.39 Å². The molecule has 0 heterocycles. The zero-order valence-corrected chi connectivity index (χ0v) is 12.4. The van der Waals surface area contributed by atoms with Crippen LogP contribution >= 0.6 is 0 Å². The number of carbonyl (C=O) groups is 2. The van der Waals surface area contributed by atoms with E-state index in [9.17, 15) is 14.0 Å². The maximum absolute atomic E-state index is 13.1. The van der Waals surface area contributed by atoms with Gasteiger partial charge in [0.1, 0.15) is 5.82 Å². The van der Waals surface area contributed by atoms with E-state index in [2.05, 4.69) is 10.6 Å². The molecule has 0 spiro atoms. The molecule has 5 heteroatoms. The molecule has 0 saturated heterocycles. The number of anilines is 1. The fourth-order valence-corrected chi connectivity index (χ4v) is 1.88. The molecule has 0 aromatic heterocycles. The van der Waals surface area contributed by atoms with Crippen molar-refractivity contribution >= 4 is 17.5 Å². The molecule has 0 aliphatic carbocycles. The lowest BCUT2D eigenvalue weighted by Gasteiger charge is -2.09. The maximum Gasteiger partial charge on any atom is 0.313 e. The van der Waals surface area contributed by atoms with Crippen LogP contribution in [0.5, 0.6) is 0 Å². The minimum Gasteiger partial charge on any atom is -0.344 e. The molecule has 0 fully saturated rings. The first-order valence-corrected chi connectivity index (χ1v) is 6.86. The number of halogens is 1. The summed E-state index contributed by atoms with van der Waals surface area (Å²) in [4.78, 5) is 23.6. The minimum atomic E-state index is -0.819. The molecule has 0 atom stereocenters. The second-order valence-electron chi connectivity index (χ2n) is 5.08. The van der Waals surface area contributed by atoms with Crippen LogP contribution in [0.3, 0.4) is 0 Å². The normalized spacial score (nSPS) is 10.1. The molecule has 0 radical (unpaired) electrons. The number of benzene rings is 2. The summed E-state index contributed by atoms with van der Waals surface area (Å²) < 4.78 is 13.1. The summed E-state index contributed by atoms with van der Waals surface area (Å²) in [6, 6.07) is 11.6. The van der Waals surface area contributed by atoms with Crippen LogP contribution in [0.2, 0.25) is 0 Å². The quantitative estimate of drug-likeness (QED) is 0.856. The van der Waals surface area contributed by atoms with Crippen molar-refractivity contribution in [3.05, 3.63) is 65.0 Å². The maximum atomic E-state index is 13.1. The Bertz CT molecular complexity index is 696. The summed E-state index contributed by atoms with van der Waals surface area (Å²) in [6.45, 7) is 3.95. The average molecular weight is 300 g/mol. The topological polar surface area (TPSA) is 58.2 Å². The molecule has 2 aromatic rings. The lowest BCUT2D eigenvalue weighted by Crippen LogP contribution is -2.35. The lowest BCUT2D eigenvalue weighted by molar-refractivity contribution is -0.136. The van der Waals surface area contributed by atoms with Crippen molar-refractivity contribution < 1.29 is 14.0 Å². The molecule has 0 aliphatic rings. The number of carbonyl (C=O) groups excluding carboxylic acids is 2. The molecule has 0 unspecified atom stereocenters. The van der Waals surface area contributed by atoms with E-state index in [1.165, 1.54) is 18.2 Å². The Balaban J connectivity index is 1.93. The number of amides is 2. The number of nitrogens with one attached hydrogen (secondary N) is 2. The Morgan fingerprint density at radius 2 is 1.68 bits per heavy atom. The van der Waals surface area contributed by atoms with Gasteiger partial charge in [-0.3, -0.25) is 9.59 Å². The van der Waals surface area contributed by atoms with Crippen LogP contribution in [0.25, 0.3) is 0 Å². The van der Waals surface area contributed by atoms with E-state index < -0.39 is 17.6 Å². The molecule has 114 valence electrons. The van der Waals surface area contributed by atoms with Crippen molar-refractivity contribution in [1.29, 1.82) is 0 Å². The van der Waals surface area contributed by atoms with Crippen molar-refractivity contribution in [3.8, 4) is 0 Å². The van der Waals surface area contributed by atoms with Crippen LogP contribution in [-0.4, -0.2) is 11.8 Å². The Kier molecular flexibility index (Phi) is 4.88. The standard InChI is InChI=1S/C17H17FN2O2/c1-11-3-6-13(7-4-11)10-19-16(21)17(22)20-15-9-14(18)8-5-12(15)2/h3-9H,10H2,1-2H3,(H,19,21)(H,20,22). The van der Waals surface area contributed by atoms with E-state index >= 15 is 0 Å². The van der Waals surface area contributed by atoms with Crippen molar-refractivity contribution in [3.63, 3.8) is 0 Å². The fourth-order valence-electron chi connectivity index (χ4n) is 1.88. The molecule has 2 aromatic carbocycles. The van der Waals surface area contributed by atoms with Gasteiger partial charge in [-0.05, 0) is 37.1 Å². The molecule has 0 aliphatic heterocycles. The number of hydrogen-bond donors (Lipinski definition) is 2. The summed E-state index contributed by atoms with van der Waals surface area (Å²) >= 11 is 0. The second kappa shape index (κ2) is 6.85.